The third-order valence-electron chi connectivity index (χ3n) is 4.53. The summed E-state index contributed by atoms with van der Waals surface area (Å²) in [6.45, 7) is 6.28. The van der Waals surface area contributed by atoms with Gasteiger partial charge in [0.15, 0.2) is 0 Å². The van der Waals surface area contributed by atoms with Gasteiger partial charge in [0.05, 0.1) is 0 Å². The van der Waals surface area contributed by atoms with Crippen LogP contribution in [0.2, 0.25) is 0 Å². The lowest BCUT2D eigenvalue weighted by Crippen LogP contribution is -2.23. The molecule has 0 amide bonds. The average molecular weight is 234 g/mol. The second-order valence-corrected chi connectivity index (χ2v) is 5.70. The summed E-state index contributed by atoms with van der Waals surface area (Å²) in [6, 6.07) is 0. The Hall–Kier alpha value is -1.05. The Morgan fingerprint density at radius 3 is 2.71 bits per heavy atom. The molecule has 3 atom stereocenters. The first-order valence-electron chi connectivity index (χ1n) is 6.62. The number of hydrogen-bond acceptors (Lipinski definition) is 1. The highest BCUT2D eigenvalue weighted by Gasteiger charge is 2.35. The number of fused-ring (bicyclic) bond motifs is 1. The zero-order valence-corrected chi connectivity index (χ0v) is 11.0. The van der Waals surface area contributed by atoms with E-state index in [1.807, 2.05) is 6.08 Å². The number of hydrogen-bond donors (Lipinski definition) is 1. The second-order valence-electron chi connectivity index (χ2n) is 5.70. The van der Waals surface area contributed by atoms with Crippen molar-refractivity contribution in [3.05, 3.63) is 22.8 Å². The van der Waals surface area contributed by atoms with Gasteiger partial charge in [-0.3, -0.25) is 0 Å². The first kappa shape index (κ1) is 12.4. The maximum Gasteiger partial charge on any atom is 0.330 e. The van der Waals surface area contributed by atoms with Crippen molar-refractivity contribution in [1.29, 1.82) is 0 Å². The van der Waals surface area contributed by atoms with Gasteiger partial charge in [-0.25, -0.2) is 4.79 Å². The van der Waals surface area contributed by atoms with Gasteiger partial charge in [0.2, 0.25) is 0 Å². The Morgan fingerprint density at radius 2 is 2.06 bits per heavy atom. The van der Waals surface area contributed by atoms with E-state index in [4.69, 9.17) is 5.11 Å². The van der Waals surface area contributed by atoms with E-state index in [2.05, 4.69) is 13.8 Å². The molecule has 2 rings (SSSR count). The van der Waals surface area contributed by atoms with E-state index in [0.29, 0.717) is 17.4 Å². The SMILES string of the molecule is CC1=C2C(CC1)[C@@H](C)CC[C@@H]2/C=C(\C)C(=O)O. The van der Waals surface area contributed by atoms with Crippen molar-refractivity contribution in [2.24, 2.45) is 17.8 Å². The average Bonchev–Trinajstić information content (AvgIpc) is 2.66. The van der Waals surface area contributed by atoms with E-state index >= 15 is 0 Å². The zero-order valence-electron chi connectivity index (χ0n) is 11.0. The monoisotopic (exact) mass is 234 g/mol. The molecule has 1 unspecified atom stereocenters. The molecule has 2 heteroatoms. The molecular formula is C15H22O2. The van der Waals surface area contributed by atoms with Crippen molar-refractivity contribution in [3.8, 4) is 0 Å². The molecular weight excluding hydrogens is 212 g/mol. The van der Waals surface area contributed by atoms with Crippen molar-refractivity contribution in [2.45, 2.75) is 46.5 Å². The topological polar surface area (TPSA) is 37.3 Å². The molecule has 2 nitrogen and oxygen atoms in total. The van der Waals surface area contributed by atoms with Crippen molar-refractivity contribution < 1.29 is 9.90 Å². The summed E-state index contributed by atoms with van der Waals surface area (Å²) >= 11 is 0. The van der Waals surface area contributed by atoms with Crippen molar-refractivity contribution in [1.82, 2.24) is 0 Å². The summed E-state index contributed by atoms with van der Waals surface area (Å²) in [4.78, 5) is 10.9. The van der Waals surface area contributed by atoms with Gasteiger partial charge in [-0.2, -0.15) is 0 Å². The van der Waals surface area contributed by atoms with Crippen molar-refractivity contribution >= 4 is 5.97 Å². The van der Waals surface area contributed by atoms with Gasteiger partial charge in [-0.15, -0.1) is 0 Å². The van der Waals surface area contributed by atoms with Crippen LogP contribution in [0.1, 0.15) is 46.5 Å². The summed E-state index contributed by atoms with van der Waals surface area (Å²) in [5, 5.41) is 8.99. The molecule has 0 aliphatic heterocycles. The maximum absolute atomic E-state index is 10.9. The van der Waals surface area contributed by atoms with Crippen molar-refractivity contribution in [2.75, 3.05) is 0 Å². The lowest BCUT2D eigenvalue weighted by molar-refractivity contribution is -0.132. The van der Waals surface area contributed by atoms with E-state index in [0.717, 1.165) is 12.3 Å². The number of aliphatic carboxylic acids is 1. The quantitative estimate of drug-likeness (QED) is 0.583. The molecule has 94 valence electrons. The normalized spacial score (nSPS) is 33.8. The van der Waals surface area contributed by atoms with E-state index in [1.165, 1.54) is 24.8 Å². The molecule has 0 spiro atoms. The summed E-state index contributed by atoms with van der Waals surface area (Å²) in [7, 11) is 0. The summed E-state index contributed by atoms with van der Waals surface area (Å²) in [6.07, 6.45) is 6.81. The Balaban J connectivity index is 2.27. The van der Waals surface area contributed by atoms with Crippen molar-refractivity contribution in [3.63, 3.8) is 0 Å². The maximum atomic E-state index is 10.9. The Kier molecular flexibility index (Phi) is 3.41. The van der Waals surface area contributed by atoms with Crippen LogP contribution in [-0.4, -0.2) is 11.1 Å². The van der Waals surface area contributed by atoms with E-state index in [1.54, 1.807) is 12.5 Å². The fraction of sp³-hybridized carbons (Fsp3) is 0.667. The summed E-state index contributed by atoms with van der Waals surface area (Å²) in [5.74, 6) is 1.09. The molecule has 0 heterocycles. The van der Waals surface area contributed by atoms with Crippen LogP contribution in [0.4, 0.5) is 0 Å². The first-order valence-corrected chi connectivity index (χ1v) is 6.62. The van der Waals surface area contributed by atoms with E-state index < -0.39 is 5.97 Å². The Labute approximate surface area is 103 Å². The first-order chi connectivity index (χ1) is 8.00. The fourth-order valence-electron chi connectivity index (χ4n) is 3.52. The molecule has 0 aromatic rings. The third kappa shape index (κ3) is 2.31. The molecule has 0 aromatic carbocycles. The van der Waals surface area contributed by atoms with Crippen LogP contribution in [0.5, 0.6) is 0 Å². The van der Waals surface area contributed by atoms with Crippen LogP contribution >= 0.6 is 0 Å². The van der Waals surface area contributed by atoms with Gasteiger partial charge in [-0.05, 0) is 57.3 Å². The lowest BCUT2D eigenvalue weighted by Gasteiger charge is -2.34. The molecule has 2 aliphatic carbocycles. The highest BCUT2D eigenvalue weighted by atomic mass is 16.4. The molecule has 0 bridgehead atoms. The highest BCUT2D eigenvalue weighted by molar-refractivity contribution is 5.85. The van der Waals surface area contributed by atoms with Crippen LogP contribution in [0, 0.1) is 17.8 Å². The molecule has 1 saturated carbocycles. The van der Waals surface area contributed by atoms with Gasteiger partial charge in [0, 0.05) is 5.57 Å². The number of allylic oxidation sites excluding steroid dienone is 3. The van der Waals surface area contributed by atoms with E-state index in [9.17, 15) is 4.79 Å². The highest BCUT2D eigenvalue weighted by Crippen LogP contribution is 2.48. The molecule has 0 aromatic heterocycles. The lowest BCUT2D eigenvalue weighted by atomic mass is 9.71. The van der Waals surface area contributed by atoms with Gasteiger partial charge >= 0.3 is 5.97 Å². The number of rotatable bonds is 2. The number of carboxylic acid groups (broad SMARTS) is 1. The fourth-order valence-corrected chi connectivity index (χ4v) is 3.52. The minimum Gasteiger partial charge on any atom is -0.478 e. The van der Waals surface area contributed by atoms with Gasteiger partial charge in [-0.1, -0.05) is 24.1 Å². The van der Waals surface area contributed by atoms with Gasteiger partial charge in [0.25, 0.3) is 0 Å². The third-order valence-corrected chi connectivity index (χ3v) is 4.53. The minimum absolute atomic E-state index is 0.384. The number of carboxylic acids is 1. The van der Waals surface area contributed by atoms with Crippen LogP contribution in [0.15, 0.2) is 22.8 Å². The zero-order chi connectivity index (χ0) is 12.6. The van der Waals surface area contributed by atoms with Crippen LogP contribution in [0.3, 0.4) is 0 Å². The Morgan fingerprint density at radius 1 is 1.35 bits per heavy atom. The molecule has 2 aliphatic rings. The molecule has 17 heavy (non-hydrogen) atoms. The smallest absolute Gasteiger partial charge is 0.330 e. The minimum atomic E-state index is -0.781. The predicted molar refractivity (Wildman–Crippen MR) is 68.7 cm³/mol. The van der Waals surface area contributed by atoms with E-state index in [-0.39, 0.29) is 0 Å². The summed E-state index contributed by atoms with van der Waals surface area (Å²) < 4.78 is 0. The molecule has 0 radical (unpaired) electrons. The van der Waals surface area contributed by atoms with Crippen LogP contribution in [-0.2, 0) is 4.79 Å². The molecule has 1 fully saturated rings. The Bertz CT molecular complexity index is 390. The second kappa shape index (κ2) is 4.67. The van der Waals surface area contributed by atoms with Gasteiger partial charge in [0.1, 0.15) is 0 Å². The number of carbonyl (C=O) groups is 1. The summed E-state index contributed by atoms with van der Waals surface area (Å²) in [5.41, 5.74) is 3.57. The molecule has 0 saturated heterocycles. The van der Waals surface area contributed by atoms with Crippen LogP contribution < -0.4 is 0 Å². The molecule has 1 N–H and O–H groups in total. The largest absolute Gasteiger partial charge is 0.478 e. The van der Waals surface area contributed by atoms with Crippen LogP contribution in [0.25, 0.3) is 0 Å². The van der Waals surface area contributed by atoms with Gasteiger partial charge < -0.3 is 5.11 Å². The predicted octanol–water partition coefficient (Wildman–Crippen LogP) is 3.79. The standard InChI is InChI=1S/C15H22O2/c1-9-4-6-12(8-11(3)15(16)17)14-10(2)5-7-13(9)14/h8-9,12-13H,4-7H2,1-3H3,(H,16,17)/b11-8+/t9-,12+,13?/m0/s1.